The monoisotopic (exact) mass is 336 g/mol. The summed E-state index contributed by atoms with van der Waals surface area (Å²) in [4.78, 5) is 0. The molecule has 0 unspecified atom stereocenters. The predicted octanol–water partition coefficient (Wildman–Crippen LogP) is 0.0295. The molecule has 0 spiro atoms. The molecule has 0 aromatic rings. The Kier molecular flexibility index (Phi) is 12.3. The number of rotatable bonds is 12. The number of hydrogen-bond donors (Lipinski definition) is 3. The van der Waals surface area contributed by atoms with Crippen LogP contribution in [0.5, 0.6) is 0 Å². The van der Waals surface area contributed by atoms with Crippen molar-refractivity contribution < 1.29 is 28.9 Å². The second-order valence-electron chi connectivity index (χ2n) is 3.18. The summed E-state index contributed by atoms with van der Waals surface area (Å²) in [5.74, 6) is 0. The van der Waals surface area contributed by atoms with E-state index in [1.165, 1.54) is 0 Å². The van der Waals surface area contributed by atoms with Gasteiger partial charge in [-0.2, -0.15) is 0 Å². The third-order valence-corrected chi connectivity index (χ3v) is 5.14. The van der Waals surface area contributed by atoms with Crippen molar-refractivity contribution in [3.05, 3.63) is 0 Å². The molecule has 0 aliphatic carbocycles. The summed E-state index contributed by atoms with van der Waals surface area (Å²) in [6.07, 6.45) is -0.987. The summed E-state index contributed by atoms with van der Waals surface area (Å²) >= 11 is 2.77. The molecule has 104 valence electrons. The van der Waals surface area contributed by atoms with E-state index < -0.39 is 6.19 Å². The molecule has 0 aromatic heterocycles. The van der Waals surface area contributed by atoms with E-state index in [0.717, 1.165) is 0 Å². The van der Waals surface area contributed by atoms with E-state index in [1.807, 2.05) is 0 Å². The maximum absolute atomic E-state index is 8.67. The zero-order chi connectivity index (χ0) is 13.0. The number of aliphatic hydroxyl groups is 3. The SMILES string of the molecule is OCCCOP(=[Se])(OCCCO)OCCCO. The predicted molar refractivity (Wildman–Crippen MR) is 65.6 cm³/mol. The van der Waals surface area contributed by atoms with Gasteiger partial charge in [-0.1, -0.05) is 0 Å². The molecular formula is C9H21O6PSe. The summed E-state index contributed by atoms with van der Waals surface area (Å²) in [5.41, 5.74) is 0. The van der Waals surface area contributed by atoms with Gasteiger partial charge in [0.05, 0.1) is 0 Å². The van der Waals surface area contributed by atoms with Gasteiger partial charge in [-0.25, -0.2) is 0 Å². The van der Waals surface area contributed by atoms with Crippen LogP contribution in [0.15, 0.2) is 0 Å². The molecule has 0 heterocycles. The van der Waals surface area contributed by atoms with Crippen molar-refractivity contribution in [1.82, 2.24) is 0 Å². The average molecular weight is 335 g/mol. The Morgan fingerprint density at radius 2 is 1.00 bits per heavy atom. The van der Waals surface area contributed by atoms with Gasteiger partial charge in [0.2, 0.25) is 0 Å². The Labute approximate surface area is 109 Å². The van der Waals surface area contributed by atoms with Gasteiger partial charge in [0.25, 0.3) is 0 Å². The van der Waals surface area contributed by atoms with Crippen molar-refractivity contribution >= 4 is 21.3 Å². The molecule has 6 nitrogen and oxygen atoms in total. The van der Waals surface area contributed by atoms with Crippen LogP contribution < -0.4 is 0 Å². The molecule has 0 atom stereocenters. The van der Waals surface area contributed by atoms with Crippen LogP contribution in [0.1, 0.15) is 19.3 Å². The Bertz CT molecular complexity index is 182. The zero-order valence-electron chi connectivity index (χ0n) is 9.79. The van der Waals surface area contributed by atoms with Gasteiger partial charge in [-0.15, -0.1) is 0 Å². The first-order chi connectivity index (χ1) is 8.18. The molecule has 17 heavy (non-hydrogen) atoms. The van der Waals surface area contributed by atoms with Crippen LogP contribution in [-0.4, -0.2) is 70.1 Å². The first-order valence-corrected chi connectivity index (χ1v) is 9.30. The van der Waals surface area contributed by atoms with E-state index in [4.69, 9.17) is 28.9 Å². The van der Waals surface area contributed by atoms with Crippen LogP contribution in [-0.2, 0) is 13.6 Å². The van der Waals surface area contributed by atoms with Crippen LogP contribution >= 0.6 is 6.19 Å². The Hall–Kier alpha value is 0.709. The molecule has 0 radical (unpaired) electrons. The van der Waals surface area contributed by atoms with Crippen molar-refractivity contribution in [2.24, 2.45) is 0 Å². The fraction of sp³-hybridized carbons (Fsp3) is 1.00. The fourth-order valence-corrected chi connectivity index (χ4v) is 3.52. The van der Waals surface area contributed by atoms with E-state index in [-0.39, 0.29) is 19.8 Å². The van der Waals surface area contributed by atoms with Crippen LogP contribution in [0.2, 0.25) is 0 Å². The van der Waals surface area contributed by atoms with E-state index in [0.29, 0.717) is 39.1 Å². The normalized spacial score (nSPS) is 11.9. The van der Waals surface area contributed by atoms with Crippen molar-refractivity contribution in [2.75, 3.05) is 39.6 Å². The van der Waals surface area contributed by atoms with Gasteiger partial charge >= 0.3 is 109 Å². The van der Waals surface area contributed by atoms with Gasteiger partial charge < -0.3 is 0 Å². The second-order valence-corrected chi connectivity index (χ2v) is 7.66. The maximum atomic E-state index is 8.67. The van der Waals surface area contributed by atoms with Crippen molar-refractivity contribution in [3.8, 4) is 0 Å². The molecule has 0 bridgehead atoms. The molecule has 8 heteroatoms. The van der Waals surface area contributed by atoms with Crippen molar-refractivity contribution in [1.29, 1.82) is 0 Å². The van der Waals surface area contributed by atoms with Gasteiger partial charge in [0.1, 0.15) is 0 Å². The van der Waals surface area contributed by atoms with Crippen molar-refractivity contribution in [2.45, 2.75) is 19.3 Å². The molecule has 0 aliphatic heterocycles. The fourth-order valence-electron chi connectivity index (χ4n) is 0.835. The zero-order valence-corrected chi connectivity index (χ0v) is 12.4. The van der Waals surface area contributed by atoms with Crippen LogP contribution in [0.3, 0.4) is 0 Å². The van der Waals surface area contributed by atoms with Crippen molar-refractivity contribution in [3.63, 3.8) is 0 Å². The van der Waals surface area contributed by atoms with Crippen LogP contribution in [0.25, 0.3) is 0 Å². The molecule has 3 N–H and O–H groups in total. The topological polar surface area (TPSA) is 88.4 Å². The summed E-state index contributed by atoms with van der Waals surface area (Å²) in [5, 5.41) is 26.0. The van der Waals surface area contributed by atoms with Gasteiger partial charge in [0, 0.05) is 0 Å². The first-order valence-electron chi connectivity index (χ1n) is 5.55. The summed E-state index contributed by atoms with van der Waals surface area (Å²) in [7, 11) is 0. The number of hydrogen-bond acceptors (Lipinski definition) is 6. The minimum absolute atomic E-state index is 0.0489. The molecule has 0 amide bonds. The standard InChI is InChI=1S/C9H21O6PSe/c10-4-1-7-13-16(17,14-8-2-5-11)15-9-3-6-12/h10-12H,1-9H2. The Morgan fingerprint density at radius 3 is 1.24 bits per heavy atom. The van der Waals surface area contributed by atoms with E-state index in [9.17, 15) is 0 Å². The van der Waals surface area contributed by atoms with E-state index in [2.05, 4.69) is 15.1 Å². The third-order valence-electron chi connectivity index (χ3n) is 1.66. The Morgan fingerprint density at radius 1 is 0.706 bits per heavy atom. The van der Waals surface area contributed by atoms with Crippen LogP contribution in [0.4, 0.5) is 0 Å². The Balaban J connectivity index is 4.00. The van der Waals surface area contributed by atoms with Gasteiger partial charge in [0.15, 0.2) is 0 Å². The molecule has 0 fully saturated rings. The number of aliphatic hydroxyl groups excluding tert-OH is 3. The van der Waals surface area contributed by atoms with Gasteiger partial charge in [-0.05, 0) is 0 Å². The summed E-state index contributed by atoms with van der Waals surface area (Å²) in [6, 6.07) is 0. The molecule has 0 saturated heterocycles. The molecule has 0 rings (SSSR count). The molecular weight excluding hydrogens is 314 g/mol. The summed E-state index contributed by atoms with van der Waals surface area (Å²) < 4.78 is 16.4. The van der Waals surface area contributed by atoms with Gasteiger partial charge in [-0.3, -0.25) is 0 Å². The van der Waals surface area contributed by atoms with E-state index in [1.54, 1.807) is 0 Å². The second kappa shape index (κ2) is 11.8. The van der Waals surface area contributed by atoms with E-state index >= 15 is 0 Å². The molecule has 0 saturated carbocycles. The first kappa shape index (κ1) is 17.7. The minimum atomic E-state index is -2.52. The molecule has 0 aliphatic rings. The molecule has 0 aromatic carbocycles. The van der Waals surface area contributed by atoms with Crippen LogP contribution in [0, 0.1) is 0 Å². The average Bonchev–Trinajstić information content (AvgIpc) is 2.30. The third kappa shape index (κ3) is 10.3. The quantitative estimate of drug-likeness (QED) is 0.265. The summed E-state index contributed by atoms with van der Waals surface area (Å²) in [6.45, 7) is 1.18.